The Kier molecular flexibility index (Phi) is 6.89. The summed E-state index contributed by atoms with van der Waals surface area (Å²) < 4.78 is 3.01. The first-order chi connectivity index (χ1) is 23.3. The number of hydrogen-bond acceptors (Lipinski definition) is 2. The van der Waals surface area contributed by atoms with Gasteiger partial charge < -0.3 is 4.57 Å². The van der Waals surface area contributed by atoms with Crippen LogP contribution in [0.1, 0.15) is 48.1 Å². The van der Waals surface area contributed by atoms with Gasteiger partial charge in [0.05, 0.1) is 16.7 Å². The van der Waals surface area contributed by atoms with Crippen molar-refractivity contribution in [2.24, 2.45) is 9.98 Å². The molecule has 0 amide bonds. The molecule has 3 nitrogen and oxygen atoms in total. The van der Waals surface area contributed by atoms with Crippen molar-refractivity contribution in [3.63, 3.8) is 0 Å². The van der Waals surface area contributed by atoms with Crippen LogP contribution in [0.15, 0.2) is 154 Å². The minimum absolute atomic E-state index is 0.0930. The monoisotopic (exact) mass is 795 g/mol. The molecule has 0 saturated carbocycles. The molecule has 0 N–H and O–H groups in total. The summed E-state index contributed by atoms with van der Waals surface area (Å²) in [4.78, 5) is 10.6. The highest BCUT2D eigenvalue weighted by atomic mass is 127. The van der Waals surface area contributed by atoms with Crippen molar-refractivity contribution in [2.75, 3.05) is 0 Å². The highest BCUT2D eigenvalue weighted by Crippen LogP contribution is 2.51. The van der Waals surface area contributed by atoms with E-state index in [4.69, 9.17) is 9.98 Å². The average Bonchev–Trinajstić information content (AvgIpc) is 3.55. The van der Waals surface area contributed by atoms with Gasteiger partial charge in [0.25, 0.3) is 0 Å². The first kappa shape index (κ1) is 29.8. The minimum atomic E-state index is -0.475. The number of alkyl halides is 1. The second kappa shape index (κ2) is 11.1. The second-order valence-electron chi connectivity index (χ2n) is 13.3. The first-order valence-corrected chi connectivity index (χ1v) is 18.1. The largest absolute Gasteiger partial charge is 0.309 e. The molecule has 1 unspecified atom stereocenters. The van der Waals surface area contributed by atoms with Crippen molar-refractivity contribution in [3.8, 4) is 16.8 Å². The molecule has 0 saturated heterocycles. The summed E-state index contributed by atoms with van der Waals surface area (Å²) in [5, 5.41) is 2.47. The quantitative estimate of drug-likeness (QED) is 0.0965. The molecule has 9 rings (SSSR count). The fraction of sp³-hybridized carbons (Fsp3) is 0.116. The van der Waals surface area contributed by atoms with Crippen LogP contribution in [0, 0.1) is 0 Å². The number of fused-ring (bicyclic) bond motifs is 6. The number of aliphatic imine (C=N–C) groups is 2. The van der Waals surface area contributed by atoms with E-state index in [1.807, 2.05) is 0 Å². The minimum Gasteiger partial charge on any atom is -0.309 e. The molecule has 0 spiro atoms. The van der Waals surface area contributed by atoms with E-state index >= 15 is 0 Å². The van der Waals surface area contributed by atoms with E-state index in [1.54, 1.807) is 0 Å². The SMILES string of the molecule is CC1(C)c2ccccc2-c2cc3c4cc(Br)ccc4n(-c4cccc(C5=NC(I)(c6ccccc6)CC(c6ccccc6)=N5)c4)c3cc21. The lowest BCUT2D eigenvalue weighted by Crippen LogP contribution is -2.27. The molecule has 6 aromatic carbocycles. The second-order valence-corrected chi connectivity index (χ2v) is 16.0. The van der Waals surface area contributed by atoms with Crippen LogP contribution in [-0.2, 0) is 8.96 Å². The Labute approximate surface area is 302 Å². The van der Waals surface area contributed by atoms with Gasteiger partial charge in [-0.25, -0.2) is 9.98 Å². The lowest BCUT2D eigenvalue weighted by atomic mass is 9.82. The maximum absolute atomic E-state index is 5.38. The summed E-state index contributed by atoms with van der Waals surface area (Å²) in [5.41, 5.74) is 13.1. The van der Waals surface area contributed by atoms with Crippen molar-refractivity contribution in [1.29, 1.82) is 0 Å². The van der Waals surface area contributed by atoms with Crippen molar-refractivity contribution in [3.05, 3.63) is 172 Å². The van der Waals surface area contributed by atoms with Crippen LogP contribution < -0.4 is 0 Å². The molecular weight excluding hydrogens is 765 g/mol. The van der Waals surface area contributed by atoms with Crippen LogP contribution in [-0.4, -0.2) is 16.1 Å². The van der Waals surface area contributed by atoms with E-state index < -0.39 is 3.55 Å². The highest BCUT2D eigenvalue weighted by molar-refractivity contribution is 14.1. The zero-order chi connectivity index (χ0) is 32.6. The number of benzene rings is 6. The third-order valence-corrected chi connectivity index (χ3v) is 11.8. The van der Waals surface area contributed by atoms with E-state index in [1.165, 1.54) is 49.6 Å². The molecule has 7 aromatic rings. The van der Waals surface area contributed by atoms with Crippen LogP contribution in [0.25, 0.3) is 38.6 Å². The number of amidine groups is 1. The lowest BCUT2D eigenvalue weighted by molar-refractivity contribution is 0.661. The van der Waals surface area contributed by atoms with E-state index in [0.717, 1.165) is 39.3 Å². The van der Waals surface area contributed by atoms with Gasteiger partial charge in [-0.05, 0) is 98.4 Å². The summed E-state index contributed by atoms with van der Waals surface area (Å²) >= 11 is 6.30. The van der Waals surface area contributed by atoms with E-state index in [2.05, 4.69) is 196 Å². The molecule has 1 aromatic heterocycles. The van der Waals surface area contributed by atoms with Gasteiger partial charge in [-0.3, -0.25) is 0 Å². The zero-order valence-electron chi connectivity index (χ0n) is 26.6. The molecule has 232 valence electrons. The highest BCUT2D eigenvalue weighted by Gasteiger charge is 2.37. The molecule has 1 aliphatic heterocycles. The maximum Gasteiger partial charge on any atom is 0.156 e. The smallest absolute Gasteiger partial charge is 0.156 e. The summed E-state index contributed by atoms with van der Waals surface area (Å²) in [6.07, 6.45) is 0.718. The Morgan fingerprint density at radius 2 is 1.35 bits per heavy atom. The zero-order valence-corrected chi connectivity index (χ0v) is 30.3. The number of halogens is 2. The molecule has 48 heavy (non-hydrogen) atoms. The first-order valence-electron chi connectivity index (χ1n) is 16.3. The number of hydrogen-bond donors (Lipinski definition) is 0. The molecule has 1 aliphatic carbocycles. The fourth-order valence-electron chi connectivity index (χ4n) is 7.66. The molecule has 1 atom stereocenters. The van der Waals surface area contributed by atoms with E-state index in [9.17, 15) is 0 Å². The van der Waals surface area contributed by atoms with Crippen molar-refractivity contribution in [1.82, 2.24) is 4.57 Å². The fourth-order valence-corrected chi connectivity index (χ4v) is 8.97. The number of aromatic nitrogens is 1. The van der Waals surface area contributed by atoms with Crippen LogP contribution >= 0.6 is 38.5 Å². The third-order valence-electron chi connectivity index (χ3n) is 10.0. The summed E-state index contributed by atoms with van der Waals surface area (Å²) in [6, 6.07) is 50.2. The Balaban J connectivity index is 1.26. The van der Waals surface area contributed by atoms with Gasteiger partial charge >= 0.3 is 0 Å². The third kappa shape index (κ3) is 4.66. The Morgan fingerprint density at radius 1 is 0.646 bits per heavy atom. The summed E-state index contributed by atoms with van der Waals surface area (Å²) in [5.74, 6) is 0.751. The van der Waals surface area contributed by atoms with Gasteiger partial charge in [0.2, 0.25) is 0 Å². The van der Waals surface area contributed by atoms with Crippen LogP contribution in [0.4, 0.5) is 0 Å². The molecular formula is C43H31BrIN3. The predicted molar refractivity (Wildman–Crippen MR) is 212 cm³/mol. The summed E-state index contributed by atoms with van der Waals surface area (Å²) in [7, 11) is 0. The topological polar surface area (TPSA) is 29.6 Å². The average molecular weight is 797 g/mol. The molecule has 2 aliphatic rings. The van der Waals surface area contributed by atoms with E-state index in [0.29, 0.717) is 0 Å². The molecule has 2 heterocycles. The van der Waals surface area contributed by atoms with E-state index in [-0.39, 0.29) is 5.41 Å². The van der Waals surface area contributed by atoms with Crippen LogP contribution in [0.5, 0.6) is 0 Å². The predicted octanol–water partition coefficient (Wildman–Crippen LogP) is 11.8. The maximum atomic E-state index is 5.38. The van der Waals surface area contributed by atoms with Gasteiger partial charge in [-0.15, -0.1) is 0 Å². The molecule has 0 radical (unpaired) electrons. The standard InChI is InChI=1S/C43H31BrIN3/c1-42(2)36-19-10-9-18-32(36)33-24-35-34-23-30(44)20-21-39(34)48(40(35)25-37(33)42)31-17-11-14-28(22-31)41-46-38(27-12-5-3-6-13-27)26-43(45,47-41)29-15-7-4-8-16-29/h3-25H,26H2,1-2H3. The Bertz CT molecular complexity index is 2480. The number of nitrogens with zero attached hydrogens (tertiary/aromatic N) is 3. The molecule has 0 fully saturated rings. The van der Waals surface area contributed by atoms with Crippen molar-refractivity contribution < 1.29 is 0 Å². The normalized spacial score (nSPS) is 18.0. The van der Waals surface area contributed by atoms with Gasteiger partial charge in [0.15, 0.2) is 5.84 Å². The van der Waals surface area contributed by atoms with Crippen molar-refractivity contribution >= 4 is 71.9 Å². The van der Waals surface area contributed by atoms with Gasteiger partial charge in [0, 0.05) is 38.3 Å². The Morgan fingerprint density at radius 3 is 2.17 bits per heavy atom. The summed E-state index contributed by atoms with van der Waals surface area (Å²) in [6.45, 7) is 4.69. The van der Waals surface area contributed by atoms with Crippen molar-refractivity contribution in [2.45, 2.75) is 29.2 Å². The van der Waals surface area contributed by atoms with Crippen LogP contribution in [0.2, 0.25) is 0 Å². The number of rotatable bonds is 4. The van der Waals surface area contributed by atoms with Crippen LogP contribution in [0.3, 0.4) is 0 Å². The lowest BCUT2D eigenvalue weighted by Gasteiger charge is -2.29. The molecule has 5 heteroatoms. The Hall–Kier alpha value is -4.33. The van der Waals surface area contributed by atoms with Gasteiger partial charge in [-0.2, -0.15) is 0 Å². The van der Waals surface area contributed by atoms with Gasteiger partial charge in [-0.1, -0.05) is 127 Å². The molecule has 0 bridgehead atoms. The van der Waals surface area contributed by atoms with Gasteiger partial charge in [0.1, 0.15) is 3.55 Å².